The van der Waals surface area contributed by atoms with Crippen LogP contribution in [0.25, 0.3) is 0 Å². The number of halogens is 2. The van der Waals surface area contributed by atoms with Gasteiger partial charge in [-0.3, -0.25) is 0 Å². The van der Waals surface area contributed by atoms with E-state index in [0.717, 1.165) is 19.4 Å². The maximum atomic E-state index is 3.75. The molecule has 0 radical (unpaired) electrons. The van der Waals surface area contributed by atoms with E-state index in [4.69, 9.17) is 0 Å². The predicted molar refractivity (Wildman–Crippen MR) is 97.8 cm³/mol. The smallest absolute Gasteiger partial charge is 0.0372 e. The Morgan fingerprint density at radius 1 is 1.05 bits per heavy atom. The summed E-state index contributed by atoms with van der Waals surface area (Å²) in [6, 6.07) is 15.3. The molecule has 3 heteroatoms. The number of hydrogen-bond donors (Lipinski definition) is 1. The molecule has 0 fully saturated rings. The molecule has 0 aliphatic rings. The standard InChI is InChI=1S/C18H21Br2N/c1-3-11-21-17(12-14-8-4-5-10-16(14)19)15-9-6-7-13(2)18(15)20/h4-10,17,21H,3,11-12H2,1-2H3. The Kier molecular flexibility index (Phi) is 6.46. The molecule has 2 aromatic carbocycles. The van der Waals surface area contributed by atoms with Gasteiger partial charge in [0.25, 0.3) is 0 Å². The average Bonchev–Trinajstić information content (AvgIpc) is 2.48. The van der Waals surface area contributed by atoms with E-state index >= 15 is 0 Å². The summed E-state index contributed by atoms with van der Waals surface area (Å²) in [4.78, 5) is 0. The van der Waals surface area contributed by atoms with Crippen LogP contribution in [-0.4, -0.2) is 6.54 Å². The summed E-state index contributed by atoms with van der Waals surface area (Å²) in [6.07, 6.45) is 2.11. The molecule has 0 spiro atoms. The third-order valence-corrected chi connectivity index (χ3v) is 5.48. The summed E-state index contributed by atoms with van der Waals surface area (Å²) in [7, 11) is 0. The molecule has 0 saturated heterocycles. The van der Waals surface area contributed by atoms with Crippen LogP contribution in [0.1, 0.15) is 36.1 Å². The second-order valence-electron chi connectivity index (χ2n) is 5.28. The first-order valence-electron chi connectivity index (χ1n) is 7.35. The van der Waals surface area contributed by atoms with Gasteiger partial charge in [-0.15, -0.1) is 0 Å². The molecule has 0 bridgehead atoms. The fraction of sp³-hybridized carbons (Fsp3) is 0.333. The van der Waals surface area contributed by atoms with E-state index in [1.165, 1.54) is 25.6 Å². The van der Waals surface area contributed by atoms with Crippen LogP contribution in [0.15, 0.2) is 51.4 Å². The highest BCUT2D eigenvalue weighted by Crippen LogP contribution is 2.30. The van der Waals surface area contributed by atoms with Crippen molar-refractivity contribution in [2.24, 2.45) is 0 Å². The van der Waals surface area contributed by atoms with Crippen LogP contribution in [-0.2, 0) is 6.42 Å². The van der Waals surface area contributed by atoms with Gasteiger partial charge in [-0.25, -0.2) is 0 Å². The van der Waals surface area contributed by atoms with Crippen LogP contribution in [0.4, 0.5) is 0 Å². The third-order valence-electron chi connectivity index (χ3n) is 3.62. The Balaban J connectivity index is 2.30. The van der Waals surface area contributed by atoms with Gasteiger partial charge in [0, 0.05) is 15.0 Å². The van der Waals surface area contributed by atoms with Crippen molar-refractivity contribution in [3.8, 4) is 0 Å². The summed E-state index contributed by atoms with van der Waals surface area (Å²) in [6.45, 7) is 5.37. The number of benzene rings is 2. The fourth-order valence-electron chi connectivity index (χ4n) is 2.43. The van der Waals surface area contributed by atoms with Gasteiger partial charge in [0.1, 0.15) is 0 Å². The lowest BCUT2D eigenvalue weighted by Gasteiger charge is -2.22. The van der Waals surface area contributed by atoms with Gasteiger partial charge in [0.2, 0.25) is 0 Å². The highest BCUT2D eigenvalue weighted by molar-refractivity contribution is 9.10. The minimum atomic E-state index is 0.318. The quantitative estimate of drug-likeness (QED) is 0.634. The number of nitrogens with one attached hydrogen (secondary N) is 1. The molecule has 2 aromatic rings. The minimum Gasteiger partial charge on any atom is -0.310 e. The SMILES string of the molecule is CCCNC(Cc1ccccc1Br)c1cccc(C)c1Br. The van der Waals surface area contributed by atoms with Crippen molar-refractivity contribution in [3.05, 3.63) is 68.1 Å². The van der Waals surface area contributed by atoms with Crippen molar-refractivity contribution >= 4 is 31.9 Å². The molecule has 1 nitrogen and oxygen atoms in total. The van der Waals surface area contributed by atoms with Gasteiger partial charge < -0.3 is 5.32 Å². The topological polar surface area (TPSA) is 12.0 Å². The summed E-state index contributed by atoms with van der Waals surface area (Å²) < 4.78 is 2.39. The molecule has 0 amide bonds. The van der Waals surface area contributed by atoms with E-state index in [0.29, 0.717) is 6.04 Å². The first-order chi connectivity index (χ1) is 10.1. The Hall–Kier alpha value is -0.640. The van der Waals surface area contributed by atoms with Gasteiger partial charge in [-0.05, 0) is 49.1 Å². The highest BCUT2D eigenvalue weighted by Gasteiger charge is 2.16. The van der Waals surface area contributed by atoms with E-state index in [1.807, 2.05) is 0 Å². The second kappa shape index (κ2) is 8.11. The molecule has 21 heavy (non-hydrogen) atoms. The second-order valence-corrected chi connectivity index (χ2v) is 6.93. The van der Waals surface area contributed by atoms with Gasteiger partial charge >= 0.3 is 0 Å². The molecule has 1 unspecified atom stereocenters. The van der Waals surface area contributed by atoms with Gasteiger partial charge in [-0.2, -0.15) is 0 Å². The largest absolute Gasteiger partial charge is 0.310 e. The lowest BCUT2D eigenvalue weighted by atomic mass is 9.97. The van der Waals surface area contributed by atoms with Crippen molar-refractivity contribution in [2.45, 2.75) is 32.7 Å². The number of rotatable bonds is 6. The minimum absolute atomic E-state index is 0.318. The Labute approximate surface area is 144 Å². The van der Waals surface area contributed by atoms with E-state index in [1.54, 1.807) is 0 Å². The molecule has 1 N–H and O–H groups in total. The van der Waals surface area contributed by atoms with Crippen LogP contribution >= 0.6 is 31.9 Å². The van der Waals surface area contributed by atoms with Crippen LogP contribution < -0.4 is 5.32 Å². The summed E-state index contributed by atoms with van der Waals surface area (Å²) in [5.74, 6) is 0. The van der Waals surface area contributed by atoms with E-state index in [2.05, 4.69) is 93.5 Å². The Morgan fingerprint density at radius 3 is 2.52 bits per heavy atom. The first-order valence-corrected chi connectivity index (χ1v) is 8.94. The number of aryl methyl sites for hydroxylation is 1. The van der Waals surface area contributed by atoms with Crippen LogP contribution in [0.2, 0.25) is 0 Å². The molecular weight excluding hydrogens is 390 g/mol. The fourth-order valence-corrected chi connectivity index (χ4v) is 3.42. The molecule has 2 rings (SSSR count). The van der Waals surface area contributed by atoms with E-state index < -0.39 is 0 Å². The molecule has 0 aliphatic carbocycles. The van der Waals surface area contributed by atoms with Crippen molar-refractivity contribution in [1.29, 1.82) is 0 Å². The zero-order chi connectivity index (χ0) is 15.2. The molecule has 0 saturated carbocycles. The van der Waals surface area contributed by atoms with Gasteiger partial charge in [-0.1, -0.05) is 75.2 Å². The third kappa shape index (κ3) is 4.41. The average molecular weight is 411 g/mol. The molecule has 0 aromatic heterocycles. The highest BCUT2D eigenvalue weighted by atomic mass is 79.9. The lowest BCUT2D eigenvalue weighted by Crippen LogP contribution is -2.24. The lowest BCUT2D eigenvalue weighted by molar-refractivity contribution is 0.526. The van der Waals surface area contributed by atoms with Crippen LogP contribution in [0.3, 0.4) is 0 Å². The van der Waals surface area contributed by atoms with Crippen molar-refractivity contribution in [2.75, 3.05) is 6.54 Å². The summed E-state index contributed by atoms with van der Waals surface area (Å²) in [5, 5.41) is 3.68. The van der Waals surface area contributed by atoms with Gasteiger partial charge in [0.05, 0.1) is 0 Å². The summed E-state index contributed by atoms with van der Waals surface area (Å²) in [5.41, 5.74) is 3.95. The zero-order valence-electron chi connectivity index (χ0n) is 12.5. The maximum Gasteiger partial charge on any atom is 0.0372 e. The molecule has 0 heterocycles. The normalized spacial score (nSPS) is 12.4. The Bertz CT molecular complexity index is 596. The molecular formula is C18H21Br2N. The van der Waals surface area contributed by atoms with Crippen molar-refractivity contribution in [3.63, 3.8) is 0 Å². The van der Waals surface area contributed by atoms with E-state index in [9.17, 15) is 0 Å². The monoisotopic (exact) mass is 409 g/mol. The maximum absolute atomic E-state index is 3.75. The predicted octanol–water partition coefficient (Wildman–Crippen LogP) is 5.80. The zero-order valence-corrected chi connectivity index (χ0v) is 15.7. The van der Waals surface area contributed by atoms with Crippen molar-refractivity contribution < 1.29 is 0 Å². The van der Waals surface area contributed by atoms with Crippen LogP contribution in [0, 0.1) is 6.92 Å². The Morgan fingerprint density at radius 2 is 1.81 bits per heavy atom. The van der Waals surface area contributed by atoms with Crippen LogP contribution in [0.5, 0.6) is 0 Å². The summed E-state index contributed by atoms with van der Waals surface area (Å²) >= 11 is 7.41. The number of hydrogen-bond acceptors (Lipinski definition) is 1. The molecule has 112 valence electrons. The van der Waals surface area contributed by atoms with Gasteiger partial charge in [0.15, 0.2) is 0 Å². The first kappa shape index (κ1) is 16.7. The molecule has 0 aliphatic heterocycles. The molecule has 1 atom stereocenters. The van der Waals surface area contributed by atoms with Crippen molar-refractivity contribution in [1.82, 2.24) is 5.32 Å². The van der Waals surface area contributed by atoms with E-state index in [-0.39, 0.29) is 0 Å².